The van der Waals surface area contributed by atoms with Gasteiger partial charge in [-0.05, 0) is 49.9 Å². The van der Waals surface area contributed by atoms with Crippen LogP contribution in [0.2, 0.25) is 0 Å². The van der Waals surface area contributed by atoms with Crippen molar-refractivity contribution in [2.45, 2.75) is 37.6 Å². The van der Waals surface area contributed by atoms with Crippen molar-refractivity contribution in [3.05, 3.63) is 40.1 Å². The molecule has 2 aliphatic carbocycles. The summed E-state index contributed by atoms with van der Waals surface area (Å²) >= 11 is 3.41. The number of aromatic nitrogens is 3. The van der Waals surface area contributed by atoms with Crippen LogP contribution in [0.4, 0.5) is 0 Å². The topological polar surface area (TPSA) is 88.9 Å². The number of amides is 2. The normalized spacial score (nSPS) is 16.5. The maximum absolute atomic E-state index is 12.5. The Morgan fingerprint density at radius 3 is 2.52 bits per heavy atom. The molecule has 2 fully saturated rings. The average Bonchev–Trinajstić information content (AvgIpc) is 3.53. The Morgan fingerprint density at radius 2 is 1.88 bits per heavy atom. The first-order chi connectivity index (χ1) is 12.1. The lowest BCUT2D eigenvalue weighted by Gasteiger charge is -2.08. The average molecular weight is 404 g/mol. The fourth-order valence-corrected chi connectivity index (χ4v) is 2.96. The summed E-state index contributed by atoms with van der Waals surface area (Å²) in [6.45, 7) is -0.0371. The van der Waals surface area contributed by atoms with Gasteiger partial charge in [-0.3, -0.25) is 9.59 Å². The van der Waals surface area contributed by atoms with Crippen molar-refractivity contribution in [1.29, 1.82) is 0 Å². The molecular weight excluding hydrogens is 386 g/mol. The first-order valence-corrected chi connectivity index (χ1v) is 9.20. The Kier molecular flexibility index (Phi) is 4.29. The summed E-state index contributed by atoms with van der Waals surface area (Å²) in [6, 6.07) is 7.99. The molecule has 130 valence electrons. The number of rotatable bonds is 6. The van der Waals surface area contributed by atoms with E-state index in [0.29, 0.717) is 11.6 Å². The van der Waals surface area contributed by atoms with Gasteiger partial charge in [0.1, 0.15) is 0 Å². The van der Waals surface area contributed by atoms with E-state index in [4.69, 9.17) is 0 Å². The highest BCUT2D eigenvalue weighted by Crippen LogP contribution is 2.42. The number of hydrogen-bond acceptors (Lipinski definition) is 4. The van der Waals surface area contributed by atoms with Crippen molar-refractivity contribution in [2.24, 2.45) is 0 Å². The summed E-state index contributed by atoms with van der Waals surface area (Å²) in [6.07, 6.45) is 4.08. The zero-order valence-corrected chi connectivity index (χ0v) is 15.1. The number of nitrogens with one attached hydrogen (secondary N) is 2. The second-order valence-corrected chi connectivity index (χ2v) is 7.43. The third-order valence-corrected chi connectivity index (χ3v) is 4.84. The molecule has 2 saturated carbocycles. The maximum atomic E-state index is 12.5. The van der Waals surface area contributed by atoms with Crippen LogP contribution in [0.5, 0.6) is 0 Å². The van der Waals surface area contributed by atoms with Gasteiger partial charge in [-0.1, -0.05) is 21.1 Å². The molecule has 2 N–H and O–H groups in total. The lowest BCUT2D eigenvalue weighted by molar-refractivity contribution is -0.120. The van der Waals surface area contributed by atoms with Crippen molar-refractivity contribution < 1.29 is 9.59 Å². The Morgan fingerprint density at radius 1 is 1.16 bits per heavy atom. The molecule has 7 nitrogen and oxygen atoms in total. The predicted octanol–water partition coefficient (Wildman–Crippen LogP) is 1.92. The maximum Gasteiger partial charge on any atom is 0.274 e. The van der Waals surface area contributed by atoms with E-state index < -0.39 is 0 Å². The number of carbonyl (C=O) groups excluding carboxylic acids is 2. The van der Waals surface area contributed by atoms with Crippen LogP contribution >= 0.6 is 15.9 Å². The summed E-state index contributed by atoms with van der Waals surface area (Å²) in [4.78, 5) is 24.2. The molecule has 0 radical (unpaired) electrons. The quantitative estimate of drug-likeness (QED) is 0.770. The van der Waals surface area contributed by atoms with Crippen LogP contribution in [0.1, 0.15) is 47.8 Å². The molecule has 0 atom stereocenters. The Bertz CT molecular complexity index is 809. The van der Waals surface area contributed by atoms with E-state index in [1.807, 2.05) is 24.3 Å². The molecule has 0 aliphatic heterocycles. The molecule has 1 aromatic carbocycles. The smallest absolute Gasteiger partial charge is 0.274 e. The SMILES string of the molecule is O=C(CNC(=O)c1nnn(-c2ccc(Br)cc2)c1C1CC1)NC1CC1. The fourth-order valence-electron chi connectivity index (χ4n) is 2.70. The summed E-state index contributed by atoms with van der Waals surface area (Å²) in [7, 11) is 0. The van der Waals surface area contributed by atoms with Crippen LogP contribution < -0.4 is 10.6 Å². The van der Waals surface area contributed by atoms with Crippen LogP contribution in [0.15, 0.2) is 28.7 Å². The molecule has 0 bridgehead atoms. The van der Waals surface area contributed by atoms with E-state index in [2.05, 4.69) is 36.9 Å². The van der Waals surface area contributed by atoms with Crippen molar-refractivity contribution in [1.82, 2.24) is 25.6 Å². The van der Waals surface area contributed by atoms with E-state index in [1.165, 1.54) is 0 Å². The van der Waals surface area contributed by atoms with E-state index in [1.54, 1.807) is 4.68 Å². The van der Waals surface area contributed by atoms with E-state index in [9.17, 15) is 9.59 Å². The monoisotopic (exact) mass is 403 g/mol. The Balaban J connectivity index is 1.52. The van der Waals surface area contributed by atoms with Crippen LogP contribution in [0.25, 0.3) is 5.69 Å². The van der Waals surface area contributed by atoms with Gasteiger partial charge in [0.15, 0.2) is 5.69 Å². The molecule has 2 amide bonds. The Hall–Kier alpha value is -2.22. The molecule has 2 aromatic rings. The van der Waals surface area contributed by atoms with Crippen molar-refractivity contribution >= 4 is 27.7 Å². The molecule has 0 unspecified atom stereocenters. The highest BCUT2D eigenvalue weighted by molar-refractivity contribution is 9.10. The third-order valence-electron chi connectivity index (χ3n) is 4.31. The minimum atomic E-state index is -0.351. The van der Waals surface area contributed by atoms with E-state index in [0.717, 1.165) is 41.5 Å². The first-order valence-electron chi connectivity index (χ1n) is 8.41. The van der Waals surface area contributed by atoms with Gasteiger partial charge >= 0.3 is 0 Å². The van der Waals surface area contributed by atoms with Gasteiger partial charge in [0, 0.05) is 16.4 Å². The minimum absolute atomic E-state index is 0.0371. The predicted molar refractivity (Wildman–Crippen MR) is 94.5 cm³/mol. The second kappa shape index (κ2) is 6.59. The fraction of sp³-hybridized carbons (Fsp3) is 0.412. The molecule has 4 rings (SSSR count). The first kappa shape index (κ1) is 16.3. The molecule has 1 heterocycles. The van der Waals surface area contributed by atoms with E-state index in [-0.39, 0.29) is 24.4 Å². The van der Waals surface area contributed by atoms with Gasteiger partial charge in [0.2, 0.25) is 5.91 Å². The van der Waals surface area contributed by atoms with Gasteiger partial charge in [-0.25, -0.2) is 4.68 Å². The van der Waals surface area contributed by atoms with Crippen LogP contribution in [0.3, 0.4) is 0 Å². The summed E-state index contributed by atoms with van der Waals surface area (Å²) in [5, 5.41) is 13.8. The van der Waals surface area contributed by atoms with Crippen LogP contribution in [0, 0.1) is 0 Å². The Labute approximate surface area is 153 Å². The number of carbonyl (C=O) groups is 2. The lowest BCUT2D eigenvalue weighted by Crippen LogP contribution is -2.38. The van der Waals surface area contributed by atoms with Gasteiger partial charge in [-0.2, -0.15) is 0 Å². The molecule has 1 aromatic heterocycles. The summed E-state index contributed by atoms with van der Waals surface area (Å²) in [5.41, 5.74) is 2.00. The van der Waals surface area contributed by atoms with Crippen molar-refractivity contribution in [3.63, 3.8) is 0 Å². The molecule has 8 heteroatoms. The molecule has 25 heavy (non-hydrogen) atoms. The van der Waals surface area contributed by atoms with Crippen molar-refractivity contribution in [3.8, 4) is 5.69 Å². The zero-order valence-electron chi connectivity index (χ0n) is 13.5. The molecule has 2 aliphatic rings. The standard InChI is InChI=1S/C17H18BrN5O2/c18-11-3-7-13(8-4-11)23-16(10-1-2-10)15(21-22-23)17(25)19-9-14(24)20-12-5-6-12/h3-4,7-8,10,12H,1-2,5-6,9H2,(H,19,25)(H,20,24). The van der Waals surface area contributed by atoms with Crippen LogP contribution in [-0.2, 0) is 4.79 Å². The third kappa shape index (κ3) is 3.73. The number of benzene rings is 1. The zero-order chi connectivity index (χ0) is 17.4. The van der Waals surface area contributed by atoms with Crippen LogP contribution in [-0.4, -0.2) is 39.4 Å². The largest absolute Gasteiger partial charge is 0.352 e. The van der Waals surface area contributed by atoms with Gasteiger partial charge in [0.25, 0.3) is 5.91 Å². The molecule has 0 spiro atoms. The molecular formula is C17H18BrN5O2. The second-order valence-electron chi connectivity index (χ2n) is 6.51. The summed E-state index contributed by atoms with van der Waals surface area (Å²) < 4.78 is 2.70. The highest BCUT2D eigenvalue weighted by atomic mass is 79.9. The number of halogens is 1. The van der Waals surface area contributed by atoms with Gasteiger partial charge in [0.05, 0.1) is 17.9 Å². The molecule has 0 saturated heterocycles. The minimum Gasteiger partial charge on any atom is -0.352 e. The number of hydrogen-bond donors (Lipinski definition) is 2. The highest BCUT2D eigenvalue weighted by Gasteiger charge is 2.34. The van der Waals surface area contributed by atoms with Crippen molar-refractivity contribution in [2.75, 3.05) is 6.54 Å². The summed E-state index contributed by atoms with van der Waals surface area (Å²) in [5.74, 6) is -0.222. The number of nitrogens with zero attached hydrogens (tertiary/aromatic N) is 3. The van der Waals surface area contributed by atoms with E-state index >= 15 is 0 Å². The van der Waals surface area contributed by atoms with Gasteiger partial charge < -0.3 is 10.6 Å². The van der Waals surface area contributed by atoms with Gasteiger partial charge in [-0.15, -0.1) is 5.10 Å². The lowest BCUT2D eigenvalue weighted by atomic mass is 10.2.